The number of para-hydroxylation sites is 2. The van der Waals surface area contributed by atoms with Crippen molar-refractivity contribution in [3.05, 3.63) is 48.0 Å². The lowest BCUT2D eigenvalue weighted by molar-refractivity contribution is 0.0952. The molecule has 0 radical (unpaired) electrons. The molecular formula is C18H20N4O. The molecule has 5 heteroatoms. The standard InChI is InChI=1S/C18H20N4O/c1-22(2)11-5-10-19-18(23)13-8-9-16-17(12-13)21-15-7-4-3-6-14(15)20-16/h3-4,6-9,12H,5,10-11H2,1-2H3,(H,19,23). The van der Waals surface area contributed by atoms with Crippen molar-refractivity contribution in [1.82, 2.24) is 20.2 Å². The predicted octanol–water partition coefficient (Wildman–Crippen LogP) is 2.46. The Morgan fingerprint density at radius 3 is 2.35 bits per heavy atom. The zero-order chi connectivity index (χ0) is 16.2. The summed E-state index contributed by atoms with van der Waals surface area (Å²) in [4.78, 5) is 23.5. The second-order valence-corrected chi connectivity index (χ2v) is 5.83. The first kappa shape index (κ1) is 15.4. The summed E-state index contributed by atoms with van der Waals surface area (Å²) in [5.41, 5.74) is 3.86. The van der Waals surface area contributed by atoms with Gasteiger partial charge in [-0.25, -0.2) is 9.97 Å². The second-order valence-electron chi connectivity index (χ2n) is 5.83. The van der Waals surface area contributed by atoms with Crippen LogP contribution in [0.4, 0.5) is 0 Å². The molecule has 23 heavy (non-hydrogen) atoms. The molecule has 2 aromatic carbocycles. The lowest BCUT2D eigenvalue weighted by atomic mass is 10.1. The van der Waals surface area contributed by atoms with Crippen molar-refractivity contribution in [1.29, 1.82) is 0 Å². The van der Waals surface area contributed by atoms with Gasteiger partial charge in [-0.3, -0.25) is 4.79 Å². The van der Waals surface area contributed by atoms with E-state index in [0.717, 1.165) is 35.0 Å². The Kier molecular flexibility index (Phi) is 4.48. The third kappa shape index (κ3) is 3.63. The lowest BCUT2D eigenvalue weighted by Gasteiger charge is -2.10. The minimum Gasteiger partial charge on any atom is -0.352 e. The number of carbonyl (C=O) groups excluding carboxylic acids is 1. The minimum absolute atomic E-state index is 0.0689. The van der Waals surface area contributed by atoms with Crippen LogP contribution in [-0.4, -0.2) is 48.0 Å². The van der Waals surface area contributed by atoms with Crippen LogP contribution >= 0.6 is 0 Å². The van der Waals surface area contributed by atoms with Crippen molar-refractivity contribution in [3.63, 3.8) is 0 Å². The number of carbonyl (C=O) groups is 1. The summed E-state index contributed by atoms with van der Waals surface area (Å²) in [7, 11) is 4.04. The van der Waals surface area contributed by atoms with Crippen LogP contribution in [-0.2, 0) is 0 Å². The minimum atomic E-state index is -0.0689. The number of aromatic nitrogens is 2. The summed E-state index contributed by atoms with van der Waals surface area (Å²) < 4.78 is 0. The third-order valence-corrected chi connectivity index (χ3v) is 3.67. The van der Waals surface area contributed by atoms with Gasteiger partial charge in [0.15, 0.2) is 0 Å². The number of amides is 1. The van der Waals surface area contributed by atoms with E-state index in [0.29, 0.717) is 12.1 Å². The Balaban J connectivity index is 1.79. The summed E-state index contributed by atoms with van der Waals surface area (Å²) >= 11 is 0. The molecule has 118 valence electrons. The van der Waals surface area contributed by atoms with Crippen molar-refractivity contribution in [2.75, 3.05) is 27.2 Å². The highest BCUT2D eigenvalue weighted by Crippen LogP contribution is 2.17. The van der Waals surface area contributed by atoms with E-state index < -0.39 is 0 Å². The fourth-order valence-electron chi connectivity index (χ4n) is 2.46. The average Bonchev–Trinajstić information content (AvgIpc) is 2.56. The van der Waals surface area contributed by atoms with E-state index in [4.69, 9.17) is 0 Å². The van der Waals surface area contributed by atoms with Gasteiger partial charge in [0.2, 0.25) is 0 Å². The van der Waals surface area contributed by atoms with Crippen molar-refractivity contribution < 1.29 is 4.79 Å². The van der Waals surface area contributed by atoms with E-state index in [9.17, 15) is 4.79 Å². The number of fused-ring (bicyclic) bond motifs is 2. The van der Waals surface area contributed by atoms with Gasteiger partial charge < -0.3 is 10.2 Å². The summed E-state index contributed by atoms with van der Waals surface area (Å²) in [6, 6.07) is 13.2. The molecule has 0 aliphatic rings. The third-order valence-electron chi connectivity index (χ3n) is 3.67. The fourth-order valence-corrected chi connectivity index (χ4v) is 2.46. The van der Waals surface area contributed by atoms with Gasteiger partial charge in [0.05, 0.1) is 22.1 Å². The SMILES string of the molecule is CN(C)CCCNC(=O)c1ccc2nc3ccccc3nc2c1. The lowest BCUT2D eigenvalue weighted by Crippen LogP contribution is -2.27. The Labute approximate surface area is 135 Å². The zero-order valence-electron chi connectivity index (χ0n) is 13.4. The van der Waals surface area contributed by atoms with Crippen LogP contribution < -0.4 is 5.32 Å². The van der Waals surface area contributed by atoms with Crippen molar-refractivity contribution >= 4 is 28.0 Å². The Morgan fingerprint density at radius 1 is 1.00 bits per heavy atom. The normalized spacial score (nSPS) is 11.3. The Hall–Kier alpha value is -2.53. The van der Waals surface area contributed by atoms with E-state index >= 15 is 0 Å². The second kappa shape index (κ2) is 6.71. The molecule has 3 aromatic rings. The molecule has 5 nitrogen and oxygen atoms in total. The van der Waals surface area contributed by atoms with Crippen LogP contribution in [0.2, 0.25) is 0 Å². The first-order valence-corrected chi connectivity index (χ1v) is 7.73. The molecule has 0 bridgehead atoms. The molecule has 1 amide bonds. The predicted molar refractivity (Wildman–Crippen MR) is 92.5 cm³/mol. The number of rotatable bonds is 5. The van der Waals surface area contributed by atoms with Crippen molar-refractivity contribution in [3.8, 4) is 0 Å². The van der Waals surface area contributed by atoms with Crippen LogP contribution in [0.1, 0.15) is 16.8 Å². The fraction of sp³-hybridized carbons (Fsp3) is 0.278. The monoisotopic (exact) mass is 308 g/mol. The largest absolute Gasteiger partial charge is 0.352 e. The Bertz CT molecular complexity index is 845. The molecule has 0 unspecified atom stereocenters. The van der Waals surface area contributed by atoms with Crippen molar-refractivity contribution in [2.24, 2.45) is 0 Å². The number of nitrogens with one attached hydrogen (secondary N) is 1. The summed E-state index contributed by atoms with van der Waals surface area (Å²) in [5.74, 6) is -0.0689. The molecule has 0 saturated carbocycles. The highest BCUT2D eigenvalue weighted by molar-refractivity contribution is 5.98. The molecule has 0 spiro atoms. The van der Waals surface area contributed by atoms with Gasteiger partial charge in [-0.1, -0.05) is 12.1 Å². The number of hydrogen-bond donors (Lipinski definition) is 1. The van der Waals surface area contributed by atoms with Crippen LogP contribution in [0.5, 0.6) is 0 Å². The molecule has 0 aliphatic heterocycles. The molecule has 3 rings (SSSR count). The first-order chi connectivity index (χ1) is 11.1. The zero-order valence-corrected chi connectivity index (χ0v) is 13.4. The van der Waals surface area contributed by atoms with Crippen LogP contribution in [0.15, 0.2) is 42.5 Å². The van der Waals surface area contributed by atoms with Gasteiger partial charge in [-0.05, 0) is 57.4 Å². The molecule has 0 saturated heterocycles. The van der Waals surface area contributed by atoms with E-state index in [2.05, 4.69) is 20.2 Å². The molecule has 0 fully saturated rings. The van der Waals surface area contributed by atoms with Gasteiger partial charge in [-0.2, -0.15) is 0 Å². The highest BCUT2D eigenvalue weighted by Gasteiger charge is 2.08. The number of nitrogens with zero attached hydrogens (tertiary/aromatic N) is 3. The van der Waals surface area contributed by atoms with E-state index in [1.54, 1.807) is 12.1 Å². The van der Waals surface area contributed by atoms with Crippen molar-refractivity contribution in [2.45, 2.75) is 6.42 Å². The van der Waals surface area contributed by atoms with Crippen LogP contribution in [0.25, 0.3) is 22.1 Å². The Morgan fingerprint density at radius 2 is 1.65 bits per heavy atom. The molecule has 1 aromatic heterocycles. The van der Waals surface area contributed by atoms with Gasteiger partial charge >= 0.3 is 0 Å². The maximum Gasteiger partial charge on any atom is 0.251 e. The van der Waals surface area contributed by atoms with Gasteiger partial charge in [0.1, 0.15) is 0 Å². The molecular weight excluding hydrogens is 288 g/mol. The number of hydrogen-bond acceptors (Lipinski definition) is 4. The molecule has 0 atom stereocenters. The summed E-state index contributed by atoms with van der Waals surface area (Å²) in [5, 5.41) is 2.94. The number of benzene rings is 2. The smallest absolute Gasteiger partial charge is 0.251 e. The molecule has 1 heterocycles. The van der Waals surface area contributed by atoms with Crippen LogP contribution in [0.3, 0.4) is 0 Å². The first-order valence-electron chi connectivity index (χ1n) is 7.73. The maximum absolute atomic E-state index is 12.2. The topological polar surface area (TPSA) is 58.1 Å². The van der Waals surface area contributed by atoms with Crippen LogP contribution in [0, 0.1) is 0 Å². The van der Waals surface area contributed by atoms with Gasteiger partial charge in [0, 0.05) is 12.1 Å². The average molecular weight is 308 g/mol. The van der Waals surface area contributed by atoms with E-state index in [-0.39, 0.29) is 5.91 Å². The summed E-state index contributed by atoms with van der Waals surface area (Å²) in [6.07, 6.45) is 0.927. The van der Waals surface area contributed by atoms with E-state index in [1.807, 2.05) is 44.4 Å². The summed E-state index contributed by atoms with van der Waals surface area (Å²) in [6.45, 7) is 1.62. The molecule has 0 aliphatic carbocycles. The van der Waals surface area contributed by atoms with Gasteiger partial charge in [0.25, 0.3) is 5.91 Å². The molecule has 1 N–H and O–H groups in total. The maximum atomic E-state index is 12.2. The van der Waals surface area contributed by atoms with Gasteiger partial charge in [-0.15, -0.1) is 0 Å². The quantitative estimate of drug-likeness (QED) is 0.581. The van der Waals surface area contributed by atoms with E-state index in [1.165, 1.54) is 0 Å². The highest BCUT2D eigenvalue weighted by atomic mass is 16.1.